The molecule has 0 saturated carbocycles. The molecule has 0 aliphatic heterocycles. The van der Waals surface area contributed by atoms with Gasteiger partial charge in [-0.2, -0.15) is 0 Å². The van der Waals surface area contributed by atoms with E-state index in [9.17, 15) is 8.42 Å². The summed E-state index contributed by atoms with van der Waals surface area (Å²) in [6, 6.07) is 12.3. The van der Waals surface area contributed by atoms with Gasteiger partial charge >= 0.3 is 0 Å². The van der Waals surface area contributed by atoms with Crippen LogP contribution in [-0.2, 0) is 10.0 Å². The molecule has 0 aliphatic carbocycles. The van der Waals surface area contributed by atoms with Gasteiger partial charge in [0.05, 0.1) is 0 Å². The Morgan fingerprint density at radius 2 is 1.87 bits per heavy atom. The average Bonchev–Trinajstić information content (AvgIpc) is 3.02. The maximum atomic E-state index is 12.7. The molecule has 3 aromatic rings. The van der Waals surface area contributed by atoms with Crippen LogP contribution in [0.5, 0.6) is 0 Å². The Bertz CT molecular complexity index is 917. The Morgan fingerprint density at radius 1 is 1.13 bits per heavy atom. The normalized spacial score (nSPS) is 13.3. The van der Waals surface area contributed by atoms with Crippen LogP contribution in [0, 0.1) is 6.92 Å². The van der Waals surface area contributed by atoms with Crippen LogP contribution in [0.4, 0.5) is 0 Å². The molecular weight excluding hydrogens is 314 g/mol. The lowest BCUT2D eigenvalue weighted by atomic mass is 10.0. The van der Waals surface area contributed by atoms with Crippen LogP contribution >= 0.6 is 0 Å². The van der Waals surface area contributed by atoms with E-state index < -0.39 is 10.0 Å². The molecule has 1 atom stereocenters. The summed E-state index contributed by atoms with van der Waals surface area (Å²) in [7, 11) is -3.74. The Balaban J connectivity index is 1.96. The Labute approximate surface area is 134 Å². The number of aryl methyl sites for hydroxylation is 1. The molecular formula is C16H17N3O3S. The lowest BCUT2D eigenvalue weighted by Gasteiger charge is -2.17. The van der Waals surface area contributed by atoms with Crippen molar-refractivity contribution in [3.8, 4) is 0 Å². The molecule has 7 heteroatoms. The summed E-state index contributed by atoms with van der Waals surface area (Å²) in [5.41, 5.74) is 2.70. The highest BCUT2D eigenvalue weighted by Crippen LogP contribution is 2.24. The second-order valence-electron chi connectivity index (χ2n) is 5.38. The molecule has 0 radical (unpaired) electrons. The Morgan fingerprint density at radius 3 is 2.57 bits per heavy atom. The molecule has 0 bridgehead atoms. The van der Waals surface area contributed by atoms with E-state index in [2.05, 4.69) is 19.7 Å². The lowest BCUT2D eigenvalue weighted by Crippen LogP contribution is -2.28. The minimum atomic E-state index is -3.74. The van der Waals surface area contributed by atoms with Gasteiger partial charge in [-0.3, -0.25) is 0 Å². The van der Waals surface area contributed by atoms with Gasteiger partial charge < -0.3 is 0 Å². The van der Waals surface area contributed by atoms with Crippen molar-refractivity contribution in [2.24, 2.45) is 0 Å². The third-order valence-corrected chi connectivity index (χ3v) is 5.23. The number of nitrogens with zero attached hydrogens (tertiary/aromatic N) is 2. The van der Waals surface area contributed by atoms with E-state index in [0.717, 1.165) is 11.1 Å². The van der Waals surface area contributed by atoms with Crippen LogP contribution < -0.4 is 4.72 Å². The van der Waals surface area contributed by atoms with Gasteiger partial charge in [0.15, 0.2) is 5.52 Å². The van der Waals surface area contributed by atoms with Crippen molar-refractivity contribution in [3.05, 3.63) is 53.6 Å². The summed E-state index contributed by atoms with van der Waals surface area (Å²) >= 11 is 0. The van der Waals surface area contributed by atoms with Crippen molar-refractivity contribution in [1.82, 2.24) is 15.0 Å². The highest BCUT2D eigenvalue weighted by Gasteiger charge is 2.24. The van der Waals surface area contributed by atoms with E-state index in [0.29, 0.717) is 11.9 Å². The smallest absolute Gasteiger partial charge is 0.243 e. The fraction of sp³-hybridized carbons (Fsp3) is 0.250. The van der Waals surface area contributed by atoms with Gasteiger partial charge in [-0.25, -0.2) is 17.8 Å². The predicted octanol–water partition coefficient (Wildman–Crippen LogP) is 2.96. The molecule has 6 nitrogen and oxygen atoms in total. The number of nitrogens with one attached hydrogen (secondary N) is 1. The first-order chi connectivity index (χ1) is 11.0. The number of hydrogen-bond donors (Lipinski definition) is 1. The molecule has 0 unspecified atom stereocenters. The zero-order valence-electron chi connectivity index (χ0n) is 12.9. The third kappa shape index (κ3) is 3.11. The molecule has 1 N–H and O–H groups in total. The van der Waals surface area contributed by atoms with E-state index in [1.54, 1.807) is 12.1 Å². The van der Waals surface area contributed by atoms with E-state index in [1.165, 1.54) is 6.07 Å². The average molecular weight is 331 g/mol. The van der Waals surface area contributed by atoms with Crippen LogP contribution in [0.15, 0.2) is 52.0 Å². The third-order valence-electron chi connectivity index (χ3n) is 3.72. The van der Waals surface area contributed by atoms with Crippen molar-refractivity contribution in [2.75, 3.05) is 0 Å². The first-order valence-corrected chi connectivity index (χ1v) is 8.80. The quantitative estimate of drug-likeness (QED) is 0.777. The molecule has 120 valence electrons. The number of fused-ring (bicyclic) bond motifs is 1. The zero-order valence-corrected chi connectivity index (χ0v) is 13.7. The second-order valence-corrected chi connectivity index (χ2v) is 7.06. The number of hydrogen-bond acceptors (Lipinski definition) is 5. The second kappa shape index (κ2) is 6.10. The van der Waals surface area contributed by atoms with Crippen LogP contribution in [0.3, 0.4) is 0 Å². The van der Waals surface area contributed by atoms with Crippen LogP contribution in [0.25, 0.3) is 11.0 Å². The minimum absolute atomic E-state index is 0.0711. The summed E-state index contributed by atoms with van der Waals surface area (Å²) in [5, 5.41) is 7.38. The Kier molecular flexibility index (Phi) is 4.14. The molecule has 0 spiro atoms. The maximum absolute atomic E-state index is 12.7. The molecule has 0 saturated heterocycles. The molecule has 1 aromatic heterocycles. The molecule has 2 aromatic carbocycles. The van der Waals surface area contributed by atoms with Crippen LogP contribution in [0.1, 0.15) is 30.5 Å². The molecule has 0 fully saturated rings. The fourth-order valence-corrected chi connectivity index (χ4v) is 3.89. The van der Waals surface area contributed by atoms with Gasteiger partial charge in [0.2, 0.25) is 10.0 Å². The summed E-state index contributed by atoms with van der Waals surface area (Å²) < 4.78 is 32.8. The van der Waals surface area contributed by atoms with Gasteiger partial charge in [-0.05, 0) is 41.4 Å². The Hall–Kier alpha value is -2.25. The monoisotopic (exact) mass is 331 g/mol. The topological polar surface area (TPSA) is 85.1 Å². The number of aromatic nitrogens is 2. The standard InChI is InChI=1S/C16H17N3O3S/c1-3-13(12-9-7-11(2)8-10-12)19-23(20,21)15-6-4-5-14-16(15)18-22-17-14/h4-10,13,19H,3H2,1-2H3/t13-/m1/s1. The lowest BCUT2D eigenvalue weighted by molar-refractivity contribution is 0.315. The molecule has 23 heavy (non-hydrogen) atoms. The predicted molar refractivity (Wildman–Crippen MR) is 86.3 cm³/mol. The van der Waals surface area contributed by atoms with Gasteiger partial charge in [0, 0.05) is 6.04 Å². The van der Waals surface area contributed by atoms with Crippen molar-refractivity contribution in [3.63, 3.8) is 0 Å². The van der Waals surface area contributed by atoms with E-state index >= 15 is 0 Å². The molecule has 0 aliphatic rings. The number of rotatable bonds is 5. The van der Waals surface area contributed by atoms with E-state index in [-0.39, 0.29) is 16.5 Å². The number of benzene rings is 2. The van der Waals surface area contributed by atoms with Crippen LogP contribution in [-0.4, -0.2) is 18.7 Å². The first kappa shape index (κ1) is 15.6. The highest BCUT2D eigenvalue weighted by molar-refractivity contribution is 7.89. The highest BCUT2D eigenvalue weighted by atomic mass is 32.2. The van der Waals surface area contributed by atoms with Gasteiger partial charge in [0.25, 0.3) is 0 Å². The zero-order chi connectivity index (χ0) is 16.4. The first-order valence-electron chi connectivity index (χ1n) is 7.31. The van der Waals surface area contributed by atoms with Gasteiger partial charge in [-0.15, -0.1) is 0 Å². The minimum Gasteiger partial charge on any atom is -0.243 e. The van der Waals surface area contributed by atoms with Crippen molar-refractivity contribution < 1.29 is 13.0 Å². The van der Waals surface area contributed by atoms with Crippen molar-refractivity contribution >= 4 is 21.1 Å². The van der Waals surface area contributed by atoms with Gasteiger partial charge in [0.1, 0.15) is 10.4 Å². The molecule has 3 rings (SSSR count). The van der Waals surface area contributed by atoms with E-state index in [1.807, 2.05) is 38.1 Å². The summed E-state index contributed by atoms with van der Waals surface area (Å²) in [6.45, 7) is 3.93. The van der Waals surface area contributed by atoms with Crippen molar-refractivity contribution in [1.29, 1.82) is 0 Å². The summed E-state index contributed by atoms with van der Waals surface area (Å²) in [5.74, 6) is 0. The summed E-state index contributed by atoms with van der Waals surface area (Å²) in [4.78, 5) is 0.0711. The maximum Gasteiger partial charge on any atom is 0.243 e. The number of sulfonamides is 1. The van der Waals surface area contributed by atoms with E-state index in [4.69, 9.17) is 0 Å². The fourth-order valence-electron chi connectivity index (χ4n) is 2.43. The summed E-state index contributed by atoms with van der Waals surface area (Å²) in [6.07, 6.45) is 0.634. The largest absolute Gasteiger partial charge is 0.243 e. The van der Waals surface area contributed by atoms with Crippen LogP contribution in [0.2, 0.25) is 0 Å². The SMILES string of the molecule is CC[C@@H](NS(=O)(=O)c1cccc2nonc12)c1ccc(C)cc1. The van der Waals surface area contributed by atoms with Gasteiger partial charge in [-0.1, -0.05) is 42.8 Å². The molecule has 1 heterocycles. The van der Waals surface area contributed by atoms with Crippen molar-refractivity contribution in [2.45, 2.75) is 31.2 Å². The molecule has 0 amide bonds.